The first-order chi connectivity index (χ1) is 13.6. The zero-order valence-corrected chi connectivity index (χ0v) is 16.3. The summed E-state index contributed by atoms with van der Waals surface area (Å²) in [6.45, 7) is 1.49. The lowest BCUT2D eigenvalue weighted by molar-refractivity contribution is -0.113. The van der Waals surface area contributed by atoms with Gasteiger partial charge in [0.2, 0.25) is 11.1 Å². The molecule has 6 nitrogen and oxygen atoms in total. The number of carbonyl (C=O) groups is 2. The van der Waals surface area contributed by atoms with E-state index in [9.17, 15) is 9.59 Å². The molecule has 0 unspecified atom stereocenters. The summed E-state index contributed by atoms with van der Waals surface area (Å²) in [6.07, 6.45) is 2.25. The van der Waals surface area contributed by atoms with Crippen molar-refractivity contribution in [1.29, 1.82) is 0 Å². The summed E-state index contributed by atoms with van der Waals surface area (Å²) in [6, 6.07) is 16.9. The summed E-state index contributed by atoms with van der Waals surface area (Å²) < 4.78 is 1.88. The average Bonchev–Trinajstić information content (AvgIpc) is 3.46. The summed E-state index contributed by atoms with van der Waals surface area (Å²) in [5, 5.41) is 7.99. The van der Waals surface area contributed by atoms with Gasteiger partial charge in [0.25, 0.3) is 0 Å². The zero-order chi connectivity index (χ0) is 19.5. The third kappa shape index (κ3) is 4.14. The zero-order valence-electron chi connectivity index (χ0n) is 15.5. The van der Waals surface area contributed by atoms with Crippen LogP contribution in [0.5, 0.6) is 0 Å². The minimum atomic E-state index is -0.192. The van der Waals surface area contributed by atoms with Crippen molar-refractivity contribution in [2.24, 2.45) is 0 Å². The molecule has 0 saturated heterocycles. The van der Waals surface area contributed by atoms with Crippen LogP contribution in [0.15, 0.2) is 59.8 Å². The Bertz CT molecular complexity index is 1010. The minimum absolute atomic E-state index is 0.0825. The number of carbonyl (C=O) groups excluding carboxylic acids is 2. The van der Waals surface area contributed by atoms with Crippen LogP contribution in [0.2, 0.25) is 0 Å². The van der Waals surface area contributed by atoms with Gasteiger partial charge in [-0.3, -0.25) is 9.59 Å². The summed E-state index contributed by atoms with van der Waals surface area (Å²) in [5.74, 6) is 1.30. The van der Waals surface area contributed by atoms with Gasteiger partial charge in [-0.1, -0.05) is 42.1 Å². The topological polar surface area (TPSA) is 76.9 Å². The van der Waals surface area contributed by atoms with Crippen LogP contribution in [0.4, 0.5) is 5.69 Å². The first-order valence-electron chi connectivity index (χ1n) is 9.17. The van der Waals surface area contributed by atoms with Gasteiger partial charge in [0, 0.05) is 11.5 Å². The molecule has 1 saturated carbocycles. The maximum absolute atomic E-state index is 12.4. The van der Waals surface area contributed by atoms with Crippen molar-refractivity contribution in [3.8, 4) is 5.69 Å². The molecule has 0 aliphatic heterocycles. The van der Waals surface area contributed by atoms with Crippen molar-refractivity contribution in [2.75, 3.05) is 11.1 Å². The molecule has 1 heterocycles. The minimum Gasteiger partial charge on any atom is -0.325 e. The van der Waals surface area contributed by atoms with E-state index in [1.165, 1.54) is 18.7 Å². The van der Waals surface area contributed by atoms with E-state index < -0.39 is 0 Å². The molecule has 1 aliphatic carbocycles. The van der Waals surface area contributed by atoms with Gasteiger partial charge in [-0.25, -0.2) is 9.67 Å². The van der Waals surface area contributed by atoms with Crippen LogP contribution in [-0.4, -0.2) is 32.2 Å². The molecule has 0 spiro atoms. The predicted octanol–water partition coefficient (Wildman–Crippen LogP) is 4.08. The molecule has 7 heteroatoms. The Labute approximate surface area is 167 Å². The van der Waals surface area contributed by atoms with E-state index in [0.717, 1.165) is 24.4 Å². The molecule has 1 aliphatic rings. The fourth-order valence-corrected chi connectivity index (χ4v) is 3.58. The molecule has 1 aromatic heterocycles. The van der Waals surface area contributed by atoms with Crippen LogP contribution in [0.25, 0.3) is 5.69 Å². The van der Waals surface area contributed by atoms with E-state index in [4.69, 9.17) is 0 Å². The number of hydrogen-bond acceptors (Lipinski definition) is 5. The number of nitrogens with one attached hydrogen (secondary N) is 1. The van der Waals surface area contributed by atoms with E-state index in [0.29, 0.717) is 22.3 Å². The molecule has 1 amide bonds. The van der Waals surface area contributed by atoms with Crippen molar-refractivity contribution in [1.82, 2.24) is 14.8 Å². The SMILES string of the molecule is CC(=O)c1ccccc1NC(=O)CSc1nc(C2CC2)n(-c2ccccc2)n1. The van der Waals surface area contributed by atoms with Gasteiger partial charge in [0.1, 0.15) is 5.82 Å². The summed E-state index contributed by atoms with van der Waals surface area (Å²) in [7, 11) is 0. The maximum Gasteiger partial charge on any atom is 0.234 e. The number of aromatic nitrogens is 3. The second kappa shape index (κ2) is 7.98. The Kier molecular flexibility index (Phi) is 5.25. The second-order valence-corrected chi connectivity index (χ2v) is 7.66. The molecule has 0 radical (unpaired) electrons. The molecule has 142 valence electrons. The normalized spacial score (nSPS) is 13.3. The lowest BCUT2D eigenvalue weighted by Crippen LogP contribution is -2.16. The Balaban J connectivity index is 1.45. The number of anilines is 1. The highest BCUT2D eigenvalue weighted by Gasteiger charge is 2.30. The maximum atomic E-state index is 12.4. The Morgan fingerprint density at radius 2 is 1.82 bits per heavy atom. The van der Waals surface area contributed by atoms with E-state index in [2.05, 4.69) is 15.4 Å². The third-order valence-corrected chi connectivity index (χ3v) is 5.31. The summed E-state index contributed by atoms with van der Waals surface area (Å²) in [5.41, 5.74) is 2.01. The molecular formula is C21H20N4O2S. The van der Waals surface area contributed by atoms with Crippen LogP contribution in [-0.2, 0) is 4.79 Å². The molecule has 28 heavy (non-hydrogen) atoms. The number of Topliss-reactive ketones (excluding diaryl/α,β-unsaturated/α-hetero) is 1. The molecule has 0 atom stereocenters. The highest BCUT2D eigenvalue weighted by molar-refractivity contribution is 7.99. The molecule has 4 rings (SSSR count). The fraction of sp³-hybridized carbons (Fsp3) is 0.238. The van der Waals surface area contributed by atoms with Gasteiger partial charge in [-0.15, -0.1) is 5.10 Å². The Hall–Kier alpha value is -2.93. The van der Waals surface area contributed by atoms with Gasteiger partial charge in [0.15, 0.2) is 5.78 Å². The number of benzene rings is 2. The number of rotatable bonds is 7. The van der Waals surface area contributed by atoms with Crippen LogP contribution in [0.3, 0.4) is 0 Å². The van der Waals surface area contributed by atoms with E-state index >= 15 is 0 Å². The van der Waals surface area contributed by atoms with Gasteiger partial charge in [-0.05, 0) is 44.0 Å². The molecule has 1 fully saturated rings. The largest absolute Gasteiger partial charge is 0.325 e. The van der Waals surface area contributed by atoms with Gasteiger partial charge < -0.3 is 5.32 Å². The van der Waals surface area contributed by atoms with Gasteiger partial charge in [-0.2, -0.15) is 0 Å². The number of thioether (sulfide) groups is 1. The molecule has 3 aromatic rings. The smallest absolute Gasteiger partial charge is 0.234 e. The number of amides is 1. The van der Waals surface area contributed by atoms with Gasteiger partial charge in [0.05, 0.1) is 17.1 Å². The monoisotopic (exact) mass is 392 g/mol. The van der Waals surface area contributed by atoms with Crippen molar-refractivity contribution >= 4 is 29.1 Å². The number of para-hydroxylation sites is 2. The average molecular weight is 392 g/mol. The quantitative estimate of drug-likeness (QED) is 0.484. The number of nitrogens with zero attached hydrogens (tertiary/aromatic N) is 3. The van der Waals surface area contributed by atoms with Crippen LogP contribution in [0, 0.1) is 0 Å². The van der Waals surface area contributed by atoms with E-state index in [1.54, 1.807) is 24.3 Å². The highest BCUT2D eigenvalue weighted by atomic mass is 32.2. The van der Waals surface area contributed by atoms with E-state index in [1.807, 2.05) is 35.0 Å². The number of hydrogen-bond donors (Lipinski definition) is 1. The lowest BCUT2D eigenvalue weighted by Gasteiger charge is -2.08. The highest BCUT2D eigenvalue weighted by Crippen LogP contribution is 2.40. The van der Waals surface area contributed by atoms with E-state index in [-0.39, 0.29) is 17.4 Å². The van der Waals surface area contributed by atoms with Gasteiger partial charge >= 0.3 is 0 Å². The lowest BCUT2D eigenvalue weighted by atomic mass is 10.1. The van der Waals surface area contributed by atoms with Crippen molar-refractivity contribution in [3.05, 3.63) is 66.0 Å². The Morgan fingerprint density at radius 3 is 2.54 bits per heavy atom. The summed E-state index contributed by atoms with van der Waals surface area (Å²) >= 11 is 1.30. The Morgan fingerprint density at radius 1 is 1.11 bits per heavy atom. The molecule has 1 N–H and O–H groups in total. The van der Waals surface area contributed by atoms with Crippen molar-refractivity contribution in [3.63, 3.8) is 0 Å². The van der Waals surface area contributed by atoms with Crippen LogP contribution >= 0.6 is 11.8 Å². The molecule has 2 aromatic carbocycles. The van der Waals surface area contributed by atoms with Crippen molar-refractivity contribution in [2.45, 2.75) is 30.8 Å². The first-order valence-corrected chi connectivity index (χ1v) is 10.2. The number of ketones is 1. The van der Waals surface area contributed by atoms with Crippen LogP contribution in [0.1, 0.15) is 41.9 Å². The van der Waals surface area contributed by atoms with Crippen LogP contribution < -0.4 is 5.32 Å². The molecular weight excluding hydrogens is 372 g/mol. The predicted molar refractivity (Wildman–Crippen MR) is 109 cm³/mol. The molecule has 0 bridgehead atoms. The standard InChI is InChI=1S/C21H20N4O2S/c1-14(26)17-9-5-6-10-18(17)22-19(27)13-28-21-23-20(15-11-12-15)25(24-21)16-7-3-2-4-8-16/h2-10,15H,11-13H2,1H3,(H,22,27). The van der Waals surface area contributed by atoms with Crippen molar-refractivity contribution < 1.29 is 9.59 Å². The first kappa shape index (κ1) is 18.4. The summed E-state index contributed by atoms with van der Waals surface area (Å²) in [4.78, 5) is 28.7. The third-order valence-electron chi connectivity index (χ3n) is 4.47. The fourth-order valence-electron chi connectivity index (χ4n) is 2.95. The second-order valence-electron chi connectivity index (χ2n) is 6.71.